The third-order valence-corrected chi connectivity index (χ3v) is 4.58. The standard InChI is InChI=1S/C14H23NO3/c1-8(2)11(14(17)18)7-15-13(16)12-9-5-3-4-6-10(9)12/h8-12H,3-7H2,1-2H3,(H,15,16)(H,17,18). The summed E-state index contributed by atoms with van der Waals surface area (Å²) in [4.78, 5) is 23.1. The molecule has 102 valence electrons. The van der Waals surface area contributed by atoms with E-state index >= 15 is 0 Å². The van der Waals surface area contributed by atoms with Crippen molar-refractivity contribution in [2.45, 2.75) is 39.5 Å². The number of carboxylic acid groups (broad SMARTS) is 1. The Hall–Kier alpha value is -1.06. The number of fused-ring (bicyclic) bond motifs is 1. The van der Waals surface area contributed by atoms with E-state index in [1.165, 1.54) is 25.7 Å². The Morgan fingerprint density at radius 1 is 1.22 bits per heavy atom. The highest BCUT2D eigenvalue weighted by Crippen LogP contribution is 2.55. The molecule has 18 heavy (non-hydrogen) atoms. The molecule has 3 unspecified atom stereocenters. The van der Waals surface area contributed by atoms with Crippen molar-refractivity contribution in [3.05, 3.63) is 0 Å². The van der Waals surface area contributed by atoms with Crippen LogP contribution in [0, 0.1) is 29.6 Å². The summed E-state index contributed by atoms with van der Waals surface area (Å²) < 4.78 is 0. The molecular formula is C14H23NO3. The van der Waals surface area contributed by atoms with Crippen LogP contribution in [0.15, 0.2) is 0 Å². The summed E-state index contributed by atoms with van der Waals surface area (Å²) in [6.45, 7) is 4.02. The maximum atomic E-state index is 12.0. The smallest absolute Gasteiger partial charge is 0.308 e. The first-order chi connectivity index (χ1) is 8.52. The Bertz CT molecular complexity index is 328. The Morgan fingerprint density at radius 2 is 1.78 bits per heavy atom. The maximum absolute atomic E-state index is 12.0. The van der Waals surface area contributed by atoms with Crippen molar-refractivity contribution in [2.24, 2.45) is 29.6 Å². The molecular weight excluding hydrogens is 230 g/mol. The summed E-state index contributed by atoms with van der Waals surface area (Å²) in [6, 6.07) is 0. The number of carboxylic acids is 1. The molecule has 4 nitrogen and oxygen atoms in total. The second-order valence-corrected chi connectivity index (χ2v) is 6.07. The molecule has 0 aromatic heterocycles. The van der Waals surface area contributed by atoms with Crippen LogP contribution in [0.5, 0.6) is 0 Å². The van der Waals surface area contributed by atoms with Crippen LogP contribution in [0.25, 0.3) is 0 Å². The second kappa shape index (κ2) is 5.29. The largest absolute Gasteiger partial charge is 0.481 e. The van der Waals surface area contributed by atoms with E-state index in [4.69, 9.17) is 5.11 Å². The van der Waals surface area contributed by atoms with Crippen molar-refractivity contribution >= 4 is 11.9 Å². The number of carbonyl (C=O) groups excluding carboxylic acids is 1. The fourth-order valence-electron chi connectivity index (χ4n) is 3.32. The first kappa shape index (κ1) is 13.4. The first-order valence-electron chi connectivity index (χ1n) is 7.03. The van der Waals surface area contributed by atoms with Crippen LogP contribution < -0.4 is 5.32 Å². The summed E-state index contributed by atoms with van der Waals surface area (Å²) in [6.07, 6.45) is 4.84. The predicted molar refractivity (Wildman–Crippen MR) is 67.9 cm³/mol. The van der Waals surface area contributed by atoms with Gasteiger partial charge < -0.3 is 10.4 Å². The second-order valence-electron chi connectivity index (χ2n) is 6.07. The molecule has 0 aliphatic heterocycles. The summed E-state index contributed by atoms with van der Waals surface area (Å²) in [7, 11) is 0. The third kappa shape index (κ3) is 2.68. The van der Waals surface area contributed by atoms with Crippen LogP contribution >= 0.6 is 0 Å². The van der Waals surface area contributed by atoms with Gasteiger partial charge in [0.1, 0.15) is 0 Å². The molecule has 0 aromatic rings. The van der Waals surface area contributed by atoms with E-state index in [1.54, 1.807) is 0 Å². The number of amides is 1. The number of hydrogen-bond donors (Lipinski definition) is 2. The average Bonchev–Trinajstić information content (AvgIpc) is 3.02. The highest BCUT2D eigenvalue weighted by atomic mass is 16.4. The van der Waals surface area contributed by atoms with Crippen LogP contribution in [-0.2, 0) is 9.59 Å². The lowest BCUT2D eigenvalue weighted by Gasteiger charge is -2.16. The van der Waals surface area contributed by atoms with E-state index in [0.717, 1.165) is 0 Å². The molecule has 3 atom stereocenters. The van der Waals surface area contributed by atoms with Gasteiger partial charge in [0.05, 0.1) is 5.92 Å². The summed E-state index contributed by atoms with van der Waals surface area (Å²) in [5.41, 5.74) is 0. The van der Waals surface area contributed by atoms with Gasteiger partial charge >= 0.3 is 5.97 Å². The number of rotatable bonds is 5. The van der Waals surface area contributed by atoms with Crippen molar-refractivity contribution in [3.8, 4) is 0 Å². The summed E-state index contributed by atoms with van der Waals surface area (Å²) in [5, 5.41) is 11.9. The van der Waals surface area contributed by atoms with Crippen molar-refractivity contribution in [1.29, 1.82) is 0 Å². The Labute approximate surface area is 108 Å². The van der Waals surface area contributed by atoms with E-state index in [0.29, 0.717) is 11.8 Å². The van der Waals surface area contributed by atoms with Gasteiger partial charge in [-0.3, -0.25) is 9.59 Å². The van der Waals surface area contributed by atoms with Gasteiger partial charge in [-0.15, -0.1) is 0 Å². The molecule has 2 rings (SSSR count). The van der Waals surface area contributed by atoms with Gasteiger partial charge in [-0.1, -0.05) is 26.7 Å². The quantitative estimate of drug-likeness (QED) is 0.786. The fourth-order valence-corrected chi connectivity index (χ4v) is 3.32. The van der Waals surface area contributed by atoms with Gasteiger partial charge in [-0.05, 0) is 30.6 Å². The van der Waals surface area contributed by atoms with E-state index in [9.17, 15) is 9.59 Å². The van der Waals surface area contributed by atoms with Gasteiger partial charge in [-0.25, -0.2) is 0 Å². The SMILES string of the molecule is CC(C)C(CNC(=O)C1C2CCCCC21)C(=O)O. The molecule has 2 aliphatic rings. The molecule has 0 spiro atoms. The zero-order chi connectivity index (χ0) is 13.3. The van der Waals surface area contributed by atoms with Crippen LogP contribution in [0.1, 0.15) is 39.5 Å². The summed E-state index contributed by atoms with van der Waals surface area (Å²) >= 11 is 0. The van der Waals surface area contributed by atoms with Gasteiger partial charge in [0.15, 0.2) is 0 Å². The van der Waals surface area contributed by atoms with E-state index in [-0.39, 0.29) is 24.3 Å². The fraction of sp³-hybridized carbons (Fsp3) is 0.857. The van der Waals surface area contributed by atoms with E-state index < -0.39 is 11.9 Å². The number of nitrogens with one attached hydrogen (secondary N) is 1. The normalized spacial score (nSPS) is 31.6. The van der Waals surface area contributed by atoms with Crippen LogP contribution in [0.2, 0.25) is 0 Å². The minimum Gasteiger partial charge on any atom is -0.481 e. The molecule has 0 bridgehead atoms. The molecule has 0 heterocycles. The Kier molecular flexibility index (Phi) is 3.93. The van der Waals surface area contributed by atoms with Crippen LogP contribution in [-0.4, -0.2) is 23.5 Å². The molecule has 4 heteroatoms. The van der Waals surface area contributed by atoms with Crippen LogP contribution in [0.3, 0.4) is 0 Å². The Balaban J connectivity index is 1.80. The molecule has 1 amide bonds. The highest BCUT2D eigenvalue weighted by Gasteiger charge is 2.54. The number of carbonyl (C=O) groups is 2. The van der Waals surface area contributed by atoms with Crippen LogP contribution in [0.4, 0.5) is 0 Å². The number of aliphatic carboxylic acids is 1. The lowest BCUT2D eigenvalue weighted by atomic mass is 9.96. The van der Waals surface area contributed by atoms with Gasteiger partial charge in [0, 0.05) is 12.5 Å². The molecule has 2 saturated carbocycles. The molecule has 0 saturated heterocycles. The van der Waals surface area contributed by atoms with E-state index in [1.807, 2.05) is 13.8 Å². The highest BCUT2D eigenvalue weighted by molar-refractivity contribution is 5.83. The topological polar surface area (TPSA) is 66.4 Å². The molecule has 0 aromatic carbocycles. The molecule has 2 N–H and O–H groups in total. The minimum atomic E-state index is -0.821. The monoisotopic (exact) mass is 253 g/mol. The van der Waals surface area contributed by atoms with Crippen molar-refractivity contribution < 1.29 is 14.7 Å². The molecule has 2 fully saturated rings. The van der Waals surface area contributed by atoms with E-state index in [2.05, 4.69) is 5.32 Å². The molecule has 0 radical (unpaired) electrons. The Morgan fingerprint density at radius 3 is 2.22 bits per heavy atom. The summed E-state index contributed by atoms with van der Waals surface area (Å²) in [5.74, 6) is 0.174. The lowest BCUT2D eigenvalue weighted by molar-refractivity contribution is -0.143. The lowest BCUT2D eigenvalue weighted by Crippen LogP contribution is -2.36. The van der Waals surface area contributed by atoms with Gasteiger partial charge in [0.2, 0.25) is 5.91 Å². The average molecular weight is 253 g/mol. The zero-order valence-corrected chi connectivity index (χ0v) is 11.2. The first-order valence-corrected chi connectivity index (χ1v) is 7.03. The molecule has 2 aliphatic carbocycles. The number of hydrogen-bond acceptors (Lipinski definition) is 2. The third-order valence-electron chi connectivity index (χ3n) is 4.58. The maximum Gasteiger partial charge on any atom is 0.308 e. The van der Waals surface area contributed by atoms with Gasteiger partial charge in [0.25, 0.3) is 0 Å². The van der Waals surface area contributed by atoms with Crippen molar-refractivity contribution in [2.75, 3.05) is 6.54 Å². The zero-order valence-electron chi connectivity index (χ0n) is 11.2. The predicted octanol–water partition coefficient (Wildman–Crippen LogP) is 1.90. The van der Waals surface area contributed by atoms with Gasteiger partial charge in [-0.2, -0.15) is 0 Å². The van der Waals surface area contributed by atoms with Crippen molar-refractivity contribution in [1.82, 2.24) is 5.32 Å². The minimum absolute atomic E-state index is 0.0456. The van der Waals surface area contributed by atoms with Crippen molar-refractivity contribution in [3.63, 3.8) is 0 Å².